The van der Waals surface area contributed by atoms with Crippen LogP contribution in [-0.2, 0) is 13.6 Å². The quantitative estimate of drug-likeness (QED) is 0.844. The van der Waals surface area contributed by atoms with E-state index < -0.39 is 0 Å². The minimum absolute atomic E-state index is 0.00157. The van der Waals surface area contributed by atoms with Crippen LogP contribution in [0.1, 0.15) is 29.9 Å². The predicted molar refractivity (Wildman–Crippen MR) is 81.9 cm³/mol. The van der Waals surface area contributed by atoms with Crippen molar-refractivity contribution in [1.82, 2.24) is 14.7 Å². The molecule has 1 aromatic carbocycles. The number of benzene rings is 1. The van der Waals surface area contributed by atoms with Crippen LogP contribution in [0.4, 0.5) is 4.39 Å². The zero-order valence-electron chi connectivity index (χ0n) is 12.2. The van der Waals surface area contributed by atoms with Crippen LogP contribution in [0, 0.1) is 12.7 Å². The second-order valence-electron chi connectivity index (χ2n) is 5.08. The number of halogens is 2. The van der Waals surface area contributed by atoms with Crippen molar-refractivity contribution in [3.8, 4) is 0 Å². The second kappa shape index (κ2) is 6.06. The van der Waals surface area contributed by atoms with Gasteiger partial charge in [-0.15, -0.1) is 0 Å². The number of rotatable bonds is 4. The molecule has 0 aliphatic rings. The highest BCUT2D eigenvalue weighted by Gasteiger charge is 2.19. The minimum atomic E-state index is -0.160. The van der Waals surface area contributed by atoms with Gasteiger partial charge in [0.05, 0.1) is 15.9 Å². The van der Waals surface area contributed by atoms with Gasteiger partial charge in [0, 0.05) is 25.2 Å². The summed E-state index contributed by atoms with van der Waals surface area (Å²) in [5.41, 5.74) is 2.77. The van der Waals surface area contributed by atoms with Gasteiger partial charge in [0.1, 0.15) is 5.82 Å². The molecule has 0 aliphatic heterocycles. The summed E-state index contributed by atoms with van der Waals surface area (Å²) in [5, 5.41) is 4.38. The summed E-state index contributed by atoms with van der Waals surface area (Å²) in [6.45, 7) is 4.68. The Labute approximate surface area is 127 Å². The Morgan fingerprint density at radius 3 is 2.60 bits per heavy atom. The summed E-state index contributed by atoms with van der Waals surface area (Å²) >= 11 is 3.57. The molecule has 0 saturated heterocycles. The first-order valence-electron chi connectivity index (χ1n) is 6.54. The van der Waals surface area contributed by atoms with Crippen LogP contribution in [0.25, 0.3) is 0 Å². The molecule has 20 heavy (non-hydrogen) atoms. The van der Waals surface area contributed by atoms with Gasteiger partial charge in [0.15, 0.2) is 0 Å². The van der Waals surface area contributed by atoms with Crippen molar-refractivity contribution in [2.75, 3.05) is 7.05 Å². The lowest BCUT2D eigenvalue weighted by Gasteiger charge is -2.25. The topological polar surface area (TPSA) is 21.1 Å². The van der Waals surface area contributed by atoms with Crippen LogP contribution >= 0.6 is 15.9 Å². The number of aryl methyl sites for hydroxylation is 2. The Hall–Kier alpha value is -1.20. The standard InChI is InChI=1S/C15H19BrFN3/c1-10-15(16)14(20(4)18-10)9-19(3)11(2)12-7-5-6-8-13(12)17/h5-8,11H,9H2,1-4H3. The van der Waals surface area contributed by atoms with E-state index in [1.807, 2.05) is 44.8 Å². The van der Waals surface area contributed by atoms with Crippen molar-refractivity contribution < 1.29 is 4.39 Å². The largest absolute Gasteiger partial charge is 0.294 e. The Bertz CT molecular complexity index is 609. The lowest BCUT2D eigenvalue weighted by molar-refractivity contribution is 0.241. The first-order chi connectivity index (χ1) is 9.41. The van der Waals surface area contributed by atoms with Gasteiger partial charge in [-0.05, 0) is 42.9 Å². The van der Waals surface area contributed by atoms with Crippen LogP contribution in [0.15, 0.2) is 28.7 Å². The zero-order valence-corrected chi connectivity index (χ0v) is 13.8. The molecule has 0 amide bonds. The van der Waals surface area contributed by atoms with Gasteiger partial charge in [-0.25, -0.2) is 4.39 Å². The van der Waals surface area contributed by atoms with Crippen molar-refractivity contribution in [2.45, 2.75) is 26.4 Å². The third-order valence-electron chi connectivity index (χ3n) is 3.68. The predicted octanol–water partition coefficient (Wildman–Crippen LogP) is 3.82. The number of hydrogen-bond acceptors (Lipinski definition) is 2. The molecule has 1 unspecified atom stereocenters. The van der Waals surface area contributed by atoms with E-state index in [0.29, 0.717) is 12.1 Å². The summed E-state index contributed by atoms with van der Waals surface area (Å²) in [4.78, 5) is 2.11. The Balaban J connectivity index is 2.20. The van der Waals surface area contributed by atoms with E-state index in [1.54, 1.807) is 6.07 Å². The third-order valence-corrected chi connectivity index (χ3v) is 4.71. The second-order valence-corrected chi connectivity index (χ2v) is 5.88. The first kappa shape index (κ1) is 15.2. The van der Waals surface area contributed by atoms with Gasteiger partial charge < -0.3 is 0 Å². The smallest absolute Gasteiger partial charge is 0.127 e. The van der Waals surface area contributed by atoms with E-state index >= 15 is 0 Å². The molecule has 1 heterocycles. The Morgan fingerprint density at radius 2 is 2.05 bits per heavy atom. The van der Waals surface area contributed by atoms with Gasteiger partial charge in [0.2, 0.25) is 0 Å². The monoisotopic (exact) mass is 339 g/mol. The molecule has 5 heteroatoms. The van der Waals surface area contributed by atoms with Crippen LogP contribution < -0.4 is 0 Å². The maximum Gasteiger partial charge on any atom is 0.127 e. The molecule has 108 valence electrons. The van der Waals surface area contributed by atoms with Crippen molar-refractivity contribution in [2.24, 2.45) is 7.05 Å². The summed E-state index contributed by atoms with van der Waals surface area (Å²) in [6, 6.07) is 6.92. The molecule has 1 aromatic heterocycles. The maximum atomic E-state index is 13.8. The minimum Gasteiger partial charge on any atom is -0.294 e. The number of hydrogen-bond donors (Lipinski definition) is 0. The normalized spacial score (nSPS) is 12.9. The fraction of sp³-hybridized carbons (Fsp3) is 0.400. The summed E-state index contributed by atoms with van der Waals surface area (Å²) < 4.78 is 16.7. The van der Waals surface area contributed by atoms with Gasteiger partial charge in [-0.2, -0.15) is 5.10 Å². The van der Waals surface area contributed by atoms with Crippen molar-refractivity contribution in [3.05, 3.63) is 51.5 Å². The van der Waals surface area contributed by atoms with Gasteiger partial charge in [-0.3, -0.25) is 9.58 Å². The summed E-state index contributed by atoms with van der Waals surface area (Å²) in [6.07, 6.45) is 0. The molecule has 3 nitrogen and oxygen atoms in total. The lowest BCUT2D eigenvalue weighted by atomic mass is 10.1. The fourth-order valence-corrected chi connectivity index (χ4v) is 2.74. The Kier molecular flexibility index (Phi) is 4.60. The first-order valence-corrected chi connectivity index (χ1v) is 7.33. The van der Waals surface area contributed by atoms with E-state index in [1.165, 1.54) is 6.07 Å². The summed E-state index contributed by atoms with van der Waals surface area (Å²) in [5.74, 6) is -0.160. The molecule has 0 N–H and O–H groups in total. The molecular formula is C15H19BrFN3. The SMILES string of the molecule is Cc1nn(C)c(CN(C)C(C)c2ccccc2F)c1Br. The molecule has 0 fully saturated rings. The lowest BCUT2D eigenvalue weighted by Crippen LogP contribution is -2.24. The molecule has 0 saturated carbocycles. The summed E-state index contributed by atoms with van der Waals surface area (Å²) in [7, 11) is 3.92. The Morgan fingerprint density at radius 1 is 1.40 bits per heavy atom. The molecule has 0 spiro atoms. The van der Waals surface area contributed by atoms with E-state index in [0.717, 1.165) is 15.9 Å². The van der Waals surface area contributed by atoms with Crippen LogP contribution in [-0.4, -0.2) is 21.7 Å². The van der Waals surface area contributed by atoms with E-state index in [4.69, 9.17) is 0 Å². The molecule has 0 bridgehead atoms. The maximum absolute atomic E-state index is 13.8. The average molecular weight is 340 g/mol. The van der Waals surface area contributed by atoms with E-state index in [-0.39, 0.29) is 11.9 Å². The van der Waals surface area contributed by atoms with Crippen molar-refractivity contribution >= 4 is 15.9 Å². The van der Waals surface area contributed by atoms with Gasteiger partial charge >= 0.3 is 0 Å². The molecular weight excluding hydrogens is 321 g/mol. The number of nitrogens with zero attached hydrogens (tertiary/aromatic N) is 3. The number of aromatic nitrogens is 2. The molecule has 0 radical (unpaired) electrons. The van der Waals surface area contributed by atoms with Crippen molar-refractivity contribution in [3.63, 3.8) is 0 Å². The molecule has 0 aliphatic carbocycles. The third kappa shape index (κ3) is 2.94. The molecule has 2 rings (SSSR count). The average Bonchev–Trinajstić information content (AvgIpc) is 2.65. The van der Waals surface area contributed by atoms with E-state index in [2.05, 4.69) is 25.9 Å². The van der Waals surface area contributed by atoms with Crippen LogP contribution in [0.3, 0.4) is 0 Å². The zero-order chi connectivity index (χ0) is 14.9. The van der Waals surface area contributed by atoms with Gasteiger partial charge in [0.25, 0.3) is 0 Å². The van der Waals surface area contributed by atoms with Gasteiger partial charge in [-0.1, -0.05) is 18.2 Å². The highest BCUT2D eigenvalue weighted by atomic mass is 79.9. The highest BCUT2D eigenvalue weighted by Crippen LogP contribution is 2.26. The molecule has 1 atom stereocenters. The van der Waals surface area contributed by atoms with Crippen molar-refractivity contribution in [1.29, 1.82) is 0 Å². The van der Waals surface area contributed by atoms with E-state index in [9.17, 15) is 4.39 Å². The van der Waals surface area contributed by atoms with Crippen LogP contribution in [0.5, 0.6) is 0 Å². The molecule has 2 aromatic rings. The highest BCUT2D eigenvalue weighted by molar-refractivity contribution is 9.10. The fourth-order valence-electron chi connectivity index (χ4n) is 2.28. The van der Waals surface area contributed by atoms with Crippen LogP contribution in [0.2, 0.25) is 0 Å².